The maximum atomic E-state index is 11.2. The van der Waals surface area contributed by atoms with E-state index in [2.05, 4.69) is 15.3 Å². The van der Waals surface area contributed by atoms with E-state index in [0.29, 0.717) is 41.7 Å². The number of nitrogens with one attached hydrogen (secondary N) is 3. The number of nitrogens with zero attached hydrogens (tertiary/aromatic N) is 2. The minimum Gasteiger partial charge on any atom is -0.509 e. The maximum Gasteiger partial charge on any atom is 0.145 e. The zero-order chi connectivity index (χ0) is 20.2. The number of aromatic amines is 1. The van der Waals surface area contributed by atoms with Crippen molar-refractivity contribution in [1.82, 2.24) is 15.3 Å². The molecular formula is C21H21N5O3. The summed E-state index contributed by atoms with van der Waals surface area (Å²) in [6.07, 6.45) is 0. The highest BCUT2D eigenvalue weighted by Crippen LogP contribution is 2.45. The zero-order valence-electron chi connectivity index (χ0n) is 16.1. The molecule has 0 unspecified atom stereocenters. The van der Waals surface area contributed by atoms with Crippen LogP contribution in [0.4, 0.5) is 5.69 Å². The van der Waals surface area contributed by atoms with E-state index < -0.39 is 5.54 Å². The molecule has 5 rings (SSSR count). The number of amidine groups is 1. The van der Waals surface area contributed by atoms with Gasteiger partial charge in [-0.2, -0.15) is 0 Å². The van der Waals surface area contributed by atoms with E-state index >= 15 is 0 Å². The summed E-state index contributed by atoms with van der Waals surface area (Å²) in [5.41, 5.74) is 2.04. The number of aliphatic hydroxyl groups is 1. The highest BCUT2D eigenvalue weighted by atomic mass is 16.5. The fraction of sp³-hybridized carbons (Fsp3) is 0.238. The lowest BCUT2D eigenvalue weighted by molar-refractivity contribution is 0.235. The molecule has 4 N–H and O–H groups in total. The summed E-state index contributed by atoms with van der Waals surface area (Å²) >= 11 is 0. The number of para-hydroxylation sites is 2. The van der Waals surface area contributed by atoms with Gasteiger partial charge in [0, 0.05) is 31.3 Å². The lowest BCUT2D eigenvalue weighted by Gasteiger charge is -2.46. The monoisotopic (exact) mass is 391 g/mol. The Kier molecular flexibility index (Phi) is 3.78. The second-order valence-electron chi connectivity index (χ2n) is 7.22. The van der Waals surface area contributed by atoms with E-state index in [1.54, 1.807) is 20.3 Å². The van der Waals surface area contributed by atoms with Crippen LogP contribution in [0.25, 0.3) is 16.6 Å². The summed E-state index contributed by atoms with van der Waals surface area (Å²) in [6, 6.07) is 13.1. The minimum absolute atomic E-state index is 0.141. The van der Waals surface area contributed by atoms with Crippen molar-refractivity contribution in [2.45, 2.75) is 5.54 Å². The third kappa shape index (κ3) is 2.42. The molecule has 1 saturated heterocycles. The second-order valence-corrected chi connectivity index (χ2v) is 7.22. The zero-order valence-corrected chi connectivity index (χ0v) is 16.1. The Morgan fingerprint density at radius 2 is 1.79 bits per heavy atom. The van der Waals surface area contributed by atoms with Gasteiger partial charge in [-0.15, -0.1) is 0 Å². The van der Waals surface area contributed by atoms with Crippen molar-refractivity contribution in [3.05, 3.63) is 54.0 Å². The smallest absolute Gasteiger partial charge is 0.145 e. The van der Waals surface area contributed by atoms with Crippen LogP contribution >= 0.6 is 0 Å². The van der Waals surface area contributed by atoms with Gasteiger partial charge in [-0.25, -0.2) is 4.98 Å². The van der Waals surface area contributed by atoms with Gasteiger partial charge >= 0.3 is 0 Å². The van der Waals surface area contributed by atoms with Crippen LogP contribution < -0.4 is 19.7 Å². The molecule has 0 bridgehead atoms. The summed E-state index contributed by atoms with van der Waals surface area (Å²) in [6.45, 7) is 1.04. The van der Waals surface area contributed by atoms with Crippen molar-refractivity contribution in [2.24, 2.45) is 0 Å². The largest absolute Gasteiger partial charge is 0.509 e. The molecule has 8 heteroatoms. The number of benzene rings is 2. The Morgan fingerprint density at radius 1 is 1.10 bits per heavy atom. The predicted molar refractivity (Wildman–Crippen MR) is 111 cm³/mol. The van der Waals surface area contributed by atoms with Gasteiger partial charge in [-0.3, -0.25) is 5.41 Å². The number of hydrogen-bond acceptors (Lipinski definition) is 6. The molecule has 0 amide bonds. The number of aliphatic hydroxyl groups excluding tert-OH is 1. The van der Waals surface area contributed by atoms with E-state index in [4.69, 9.17) is 14.9 Å². The maximum absolute atomic E-state index is 11.2. The fourth-order valence-electron chi connectivity index (χ4n) is 4.06. The normalized spacial score (nSPS) is 17.9. The Hall–Kier alpha value is -3.52. The molecule has 0 aliphatic carbocycles. The van der Waals surface area contributed by atoms with Crippen LogP contribution in [0.1, 0.15) is 5.82 Å². The van der Waals surface area contributed by atoms with Crippen molar-refractivity contribution >= 4 is 28.1 Å². The predicted octanol–water partition coefficient (Wildman–Crippen LogP) is 2.69. The lowest BCUT2D eigenvalue weighted by atomic mass is 9.89. The van der Waals surface area contributed by atoms with Gasteiger partial charge in [-0.05, 0) is 12.1 Å². The van der Waals surface area contributed by atoms with Gasteiger partial charge in [-0.1, -0.05) is 12.1 Å². The number of rotatable bonds is 4. The highest BCUT2D eigenvalue weighted by molar-refractivity contribution is 6.32. The number of ether oxygens (including phenoxy) is 2. The van der Waals surface area contributed by atoms with E-state index in [9.17, 15) is 5.11 Å². The van der Waals surface area contributed by atoms with Gasteiger partial charge in [0.15, 0.2) is 0 Å². The summed E-state index contributed by atoms with van der Waals surface area (Å²) in [7, 11) is 3.17. The lowest BCUT2D eigenvalue weighted by Crippen LogP contribution is -2.68. The van der Waals surface area contributed by atoms with Gasteiger partial charge in [0.2, 0.25) is 0 Å². The van der Waals surface area contributed by atoms with Gasteiger partial charge in [0.05, 0.1) is 36.5 Å². The van der Waals surface area contributed by atoms with Crippen molar-refractivity contribution in [2.75, 3.05) is 32.2 Å². The van der Waals surface area contributed by atoms with Crippen LogP contribution in [-0.4, -0.2) is 53.8 Å². The minimum atomic E-state index is -0.733. The van der Waals surface area contributed by atoms with E-state index in [-0.39, 0.29) is 11.6 Å². The second kappa shape index (κ2) is 6.25. The summed E-state index contributed by atoms with van der Waals surface area (Å²) in [5.74, 6) is 2.04. The number of hydrogen-bond donors (Lipinski definition) is 4. The molecule has 2 aliphatic rings. The van der Waals surface area contributed by atoms with E-state index in [0.717, 1.165) is 11.0 Å². The highest BCUT2D eigenvalue weighted by Gasteiger charge is 2.56. The number of H-pyrrole nitrogens is 1. The summed E-state index contributed by atoms with van der Waals surface area (Å²) in [4.78, 5) is 9.67. The Bertz CT molecular complexity index is 1110. The molecule has 29 heavy (non-hydrogen) atoms. The number of fused-ring (bicyclic) bond motifs is 1. The standard InChI is InChI=1S/C21H21N5O3/c1-28-13-7-12(8-14(9-13)29-2)26-19(22)17(18(27)21(26)10-23-11-21)20-24-15-5-3-4-6-16(15)25-20/h3-9,22-23,27H,10-11H2,1-2H3,(H,24,25). The van der Waals surface area contributed by atoms with Crippen LogP contribution in [0.5, 0.6) is 11.5 Å². The first-order chi connectivity index (χ1) is 14.1. The molecule has 1 spiro atoms. The Labute approximate surface area is 167 Å². The molecule has 3 aromatic rings. The quantitative estimate of drug-likeness (QED) is 0.545. The SMILES string of the molecule is COc1cc(OC)cc(N2C(=N)C(c3nc4ccccc4[nH]3)=C(O)C23CNC3)c1. The fourth-order valence-corrected chi connectivity index (χ4v) is 4.06. The van der Waals surface area contributed by atoms with E-state index in [1.807, 2.05) is 41.3 Å². The van der Waals surface area contributed by atoms with Crippen molar-refractivity contribution in [3.63, 3.8) is 0 Å². The number of imidazole rings is 1. The molecule has 0 radical (unpaired) electrons. The molecule has 8 nitrogen and oxygen atoms in total. The van der Waals surface area contributed by atoms with Crippen LogP contribution in [0.3, 0.4) is 0 Å². The van der Waals surface area contributed by atoms with Crippen molar-refractivity contribution in [1.29, 1.82) is 5.41 Å². The van der Waals surface area contributed by atoms with Gasteiger partial charge < -0.3 is 29.8 Å². The average Bonchev–Trinajstić information content (AvgIpc) is 3.22. The Morgan fingerprint density at radius 3 is 2.38 bits per heavy atom. The van der Waals surface area contributed by atoms with Crippen molar-refractivity contribution < 1.29 is 14.6 Å². The number of anilines is 1. The molecular weight excluding hydrogens is 370 g/mol. The topological polar surface area (TPSA) is 106 Å². The first-order valence-electron chi connectivity index (χ1n) is 9.29. The van der Waals surface area contributed by atoms with Gasteiger partial charge in [0.1, 0.15) is 34.5 Å². The van der Waals surface area contributed by atoms with Crippen molar-refractivity contribution in [3.8, 4) is 11.5 Å². The molecule has 3 heterocycles. The number of aromatic nitrogens is 2. The third-order valence-electron chi connectivity index (χ3n) is 5.62. The molecule has 1 aromatic heterocycles. The van der Waals surface area contributed by atoms with Crippen LogP contribution in [0, 0.1) is 5.41 Å². The van der Waals surface area contributed by atoms with Crippen LogP contribution in [-0.2, 0) is 0 Å². The third-order valence-corrected chi connectivity index (χ3v) is 5.62. The Balaban J connectivity index is 1.65. The summed E-state index contributed by atoms with van der Waals surface area (Å²) in [5, 5.41) is 23.4. The molecule has 0 atom stereocenters. The average molecular weight is 391 g/mol. The van der Waals surface area contributed by atoms with E-state index in [1.165, 1.54) is 0 Å². The molecule has 2 aliphatic heterocycles. The molecule has 1 fully saturated rings. The van der Waals surface area contributed by atoms with Crippen LogP contribution in [0.15, 0.2) is 48.2 Å². The van der Waals surface area contributed by atoms with Gasteiger partial charge in [0.25, 0.3) is 0 Å². The summed E-state index contributed by atoms with van der Waals surface area (Å²) < 4.78 is 10.8. The van der Waals surface area contributed by atoms with Crippen LogP contribution in [0.2, 0.25) is 0 Å². The molecule has 0 saturated carbocycles. The first kappa shape index (κ1) is 17.6. The molecule has 2 aromatic carbocycles. The number of methoxy groups -OCH3 is 2. The first-order valence-corrected chi connectivity index (χ1v) is 9.29. The molecule has 148 valence electrons.